The lowest BCUT2D eigenvalue weighted by Gasteiger charge is -2.05. The predicted octanol–water partition coefficient (Wildman–Crippen LogP) is 13.7. The summed E-state index contributed by atoms with van der Waals surface area (Å²) in [6.07, 6.45) is 44.6. The van der Waals surface area contributed by atoms with E-state index in [4.69, 9.17) is 0 Å². The summed E-state index contributed by atoms with van der Waals surface area (Å²) >= 11 is 0. The van der Waals surface area contributed by atoms with Gasteiger partial charge in [-0.2, -0.15) is 0 Å². The Kier molecular flexibility index (Phi) is 27.7. The van der Waals surface area contributed by atoms with Gasteiger partial charge in [0.15, 0.2) is 0 Å². The number of benzene rings is 1. The normalized spacial score (nSPS) is 11.4. The Bertz CT molecular complexity index is 594. The van der Waals surface area contributed by atoms with Gasteiger partial charge >= 0.3 is 0 Å². The third-order valence-corrected chi connectivity index (χ3v) is 8.73. The SMILES string of the molecule is CCCCCCCCCCCCCCCCCCCCCCCCCCCCCCCCc1cccc(O)c1. The minimum absolute atomic E-state index is 0.401. The average Bonchev–Trinajstić information content (AvgIpc) is 2.94. The highest BCUT2D eigenvalue weighted by molar-refractivity contribution is 5.27. The second-order valence-electron chi connectivity index (χ2n) is 12.7. The Morgan fingerprint density at radius 1 is 0.385 bits per heavy atom. The molecule has 0 spiro atoms. The second-order valence-corrected chi connectivity index (χ2v) is 12.7. The Morgan fingerprint density at radius 2 is 0.667 bits per heavy atom. The topological polar surface area (TPSA) is 20.2 Å². The Morgan fingerprint density at radius 3 is 0.949 bits per heavy atom. The van der Waals surface area contributed by atoms with Gasteiger partial charge in [-0.3, -0.25) is 0 Å². The molecule has 1 aromatic rings. The van der Waals surface area contributed by atoms with E-state index in [9.17, 15) is 5.11 Å². The molecule has 0 saturated heterocycles. The number of aromatic hydroxyl groups is 1. The fraction of sp³-hybridized carbons (Fsp3) is 0.842. The zero-order valence-electron chi connectivity index (χ0n) is 26.7. The minimum Gasteiger partial charge on any atom is -0.508 e. The van der Waals surface area contributed by atoms with E-state index in [1.807, 2.05) is 12.1 Å². The van der Waals surface area contributed by atoms with Crippen LogP contribution in [0.15, 0.2) is 24.3 Å². The van der Waals surface area contributed by atoms with Gasteiger partial charge in [0.1, 0.15) is 5.75 Å². The van der Waals surface area contributed by atoms with Crippen LogP contribution in [0, 0.1) is 0 Å². The molecule has 0 aliphatic heterocycles. The molecule has 0 unspecified atom stereocenters. The summed E-state index contributed by atoms with van der Waals surface area (Å²) in [6, 6.07) is 7.74. The van der Waals surface area contributed by atoms with E-state index < -0.39 is 0 Å². The molecule has 1 aromatic carbocycles. The molecule has 0 radical (unpaired) electrons. The summed E-state index contributed by atoms with van der Waals surface area (Å²) in [5, 5.41) is 9.53. The standard InChI is InChI=1S/C38H70O/c1-2-3-4-5-6-7-8-9-10-11-12-13-14-15-16-17-18-19-20-21-22-23-24-25-26-27-28-29-30-31-33-37-34-32-35-38(39)36-37/h32,34-36,39H,2-31,33H2,1H3. The molecule has 0 fully saturated rings. The second kappa shape index (κ2) is 30.0. The maximum absolute atomic E-state index is 9.53. The number of hydrogen-bond donors (Lipinski definition) is 1. The molecule has 1 nitrogen and oxygen atoms in total. The number of hydrogen-bond acceptors (Lipinski definition) is 1. The van der Waals surface area contributed by atoms with Crippen LogP contribution in [0.2, 0.25) is 0 Å². The monoisotopic (exact) mass is 543 g/mol. The van der Waals surface area contributed by atoms with Crippen LogP contribution < -0.4 is 0 Å². The van der Waals surface area contributed by atoms with Crippen molar-refractivity contribution >= 4 is 0 Å². The molecule has 0 aliphatic rings. The fourth-order valence-corrected chi connectivity index (χ4v) is 6.06. The van der Waals surface area contributed by atoms with Crippen LogP contribution in [0.25, 0.3) is 0 Å². The van der Waals surface area contributed by atoms with Crippen LogP contribution in [-0.2, 0) is 6.42 Å². The van der Waals surface area contributed by atoms with E-state index in [1.54, 1.807) is 6.07 Å². The summed E-state index contributed by atoms with van der Waals surface area (Å²) in [5.74, 6) is 0.401. The molecule has 228 valence electrons. The smallest absolute Gasteiger partial charge is 0.115 e. The Hall–Kier alpha value is -0.980. The maximum Gasteiger partial charge on any atom is 0.115 e. The maximum atomic E-state index is 9.53. The van der Waals surface area contributed by atoms with Crippen molar-refractivity contribution in [2.24, 2.45) is 0 Å². The van der Waals surface area contributed by atoms with Gasteiger partial charge in [-0.1, -0.05) is 205 Å². The van der Waals surface area contributed by atoms with Crippen LogP contribution in [0.3, 0.4) is 0 Å². The van der Waals surface area contributed by atoms with Crippen LogP contribution in [0.1, 0.15) is 205 Å². The molecule has 1 rings (SSSR count). The first kappa shape index (κ1) is 36.0. The molecule has 0 bridgehead atoms. The third-order valence-electron chi connectivity index (χ3n) is 8.73. The van der Waals surface area contributed by atoms with Crippen molar-refractivity contribution in [1.29, 1.82) is 0 Å². The van der Waals surface area contributed by atoms with Gasteiger partial charge in [0.2, 0.25) is 0 Å². The van der Waals surface area contributed by atoms with E-state index in [2.05, 4.69) is 13.0 Å². The van der Waals surface area contributed by atoms with Crippen molar-refractivity contribution < 1.29 is 5.11 Å². The van der Waals surface area contributed by atoms with E-state index in [0.717, 1.165) is 6.42 Å². The zero-order chi connectivity index (χ0) is 27.9. The molecule has 0 aromatic heterocycles. The first-order valence-corrected chi connectivity index (χ1v) is 18.1. The summed E-state index contributed by atoms with van der Waals surface area (Å²) in [6.45, 7) is 2.30. The number of unbranched alkanes of at least 4 members (excludes halogenated alkanes) is 29. The lowest BCUT2D eigenvalue weighted by molar-refractivity contribution is 0.474. The van der Waals surface area contributed by atoms with Gasteiger partial charge < -0.3 is 5.11 Å². The lowest BCUT2D eigenvalue weighted by atomic mass is 10.0. The Balaban J connectivity index is 1.64. The van der Waals surface area contributed by atoms with Gasteiger partial charge in [-0.05, 0) is 30.5 Å². The van der Waals surface area contributed by atoms with Crippen LogP contribution >= 0.6 is 0 Å². The van der Waals surface area contributed by atoms with Crippen molar-refractivity contribution in [3.05, 3.63) is 29.8 Å². The van der Waals surface area contributed by atoms with Gasteiger partial charge in [-0.25, -0.2) is 0 Å². The van der Waals surface area contributed by atoms with E-state index in [-0.39, 0.29) is 0 Å². The number of phenolic OH excluding ortho intramolecular Hbond substituents is 1. The molecular weight excluding hydrogens is 472 g/mol. The highest BCUT2D eigenvalue weighted by Gasteiger charge is 1.98. The van der Waals surface area contributed by atoms with Gasteiger partial charge in [0, 0.05) is 0 Å². The molecule has 39 heavy (non-hydrogen) atoms. The summed E-state index contributed by atoms with van der Waals surface area (Å²) in [7, 11) is 0. The molecule has 0 saturated carbocycles. The first-order valence-electron chi connectivity index (χ1n) is 18.1. The van der Waals surface area contributed by atoms with E-state index in [0.29, 0.717) is 5.75 Å². The molecule has 0 atom stereocenters. The molecule has 1 N–H and O–H groups in total. The van der Waals surface area contributed by atoms with E-state index in [1.165, 1.54) is 198 Å². The highest BCUT2D eigenvalue weighted by Crippen LogP contribution is 2.17. The van der Waals surface area contributed by atoms with Gasteiger partial charge in [-0.15, -0.1) is 0 Å². The molecule has 1 heteroatoms. The van der Waals surface area contributed by atoms with Gasteiger partial charge in [0.05, 0.1) is 0 Å². The van der Waals surface area contributed by atoms with Crippen LogP contribution in [0.5, 0.6) is 5.75 Å². The zero-order valence-corrected chi connectivity index (χ0v) is 26.7. The van der Waals surface area contributed by atoms with Crippen LogP contribution in [0.4, 0.5) is 0 Å². The summed E-state index contributed by atoms with van der Waals surface area (Å²) in [4.78, 5) is 0. The highest BCUT2D eigenvalue weighted by atomic mass is 16.3. The number of rotatable bonds is 31. The van der Waals surface area contributed by atoms with Crippen molar-refractivity contribution in [2.45, 2.75) is 206 Å². The molecule has 0 aliphatic carbocycles. The average molecular weight is 543 g/mol. The van der Waals surface area contributed by atoms with Gasteiger partial charge in [0.25, 0.3) is 0 Å². The van der Waals surface area contributed by atoms with Crippen molar-refractivity contribution in [3.63, 3.8) is 0 Å². The largest absolute Gasteiger partial charge is 0.508 e. The Labute approximate surface area is 246 Å². The first-order chi connectivity index (χ1) is 19.3. The van der Waals surface area contributed by atoms with Crippen LogP contribution in [-0.4, -0.2) is 5.11 Å². The van der Waals surface area contributed by atoms with E-state index >= 15 is 0 Å². The third kappa shape index (κ3) is 27.0. The lowest BCUT2D eigenvalue weighted by Crippen LogP contribution is -1.86. The molecular formula is C38H70O. The number of aryl methyl sites for hydroxylation is 1. The fourth-order valence-electron chi connectivity index (χ4n) is 6.06. The van der Waals surface area contributed by atoms with Crippen molar-refractivity contribution in [3.8, 4) is 5.75 Å². The quantitative estimate of drug-likeness (QED) is 0.0925. The minimum atomic E-state index is 0.401. The van der Waals surface area contributed by atoms with Crippen molar-refractivity contribution in [2.75, 3.05) is 0 Å². The molecule has 0 heterocycles. The predicted molar refractivity (Wildman–Crippen MR) is 176 cm³/mol. The number of phenols is 1. The molecule has 0 amide bonds. The summed E-state index contributed by atoms with van der Waals surface area (Å²) in [5.41, 5.74) is 1.27. The summed E-state index contributed by atoms with van der Waals surface area (Å²) < 4.78 is 0. The van der Waals surface area contributed by atoms with Crippen molar-refractivity contribution in [1.82, 2.24) is 0 Å².